The predicted octanol–water partition coefficient (Wildman–Crippen LogP) is -1.52. The summed E-state index contributed by atoms with van der Waals surface area (Å²) < 4.78 is 5.30. The molecule has 4 atom stereocenters. The van der Waals surface area contributed by atoms with Crippen LogP contribution in [-0.2, 0) is 9.53 Å². The van der Waals surface area contributed by atoms with Gasteiger partial charge in [0.25, 0.3) is 5.91 Å². The quantitative estimate of drug-likeness (QED) is 0.280. The van der Waals surface area contributed by atoms with Gasteiger partial charge in [0.2, 0.25) is 5.72 Å². The fourth-order valence-corrected chi connectivity index (χ4v) is 2.04. The highest BCUT2D eigenvalue weighted by Gasteiger charge is 2.55. The van der Waals surface area contributed by atoms with Gasteiger partial charge < -0.3 is 30.3 Å². The largest absolute Gasteiger partial charge is 0.393 e. The molecule has 0 aromatic carbocycles. The molecule has 0 bridgehead atoms. The topological polar surface area (TPSA) is 151 Å². The normalized spacial score (nSPS) is 36.8. The standard InChI is InChI=1S/C10H13N5O5/c1-5-12-6(17)2-3-15(5)9-7(18)8(19)10(4-16,20-9)13-14-11/h2-3,7-9,16,18-19H,1,4H2,(H,12,17). The molecule has 0 aromatic heterocycles. The Labute approximate surface area is 113 Å². The molecule has 10 nitrogen and oxygen atoms in total. The Bertz CT molecular complexity index is 516. The van der Waals surface area contributed by atoms with Crippen molar-refractivity contribution < 1.29 is 24.9 Å². The van der Waals surface area contributed by atoms with Gasteiger partial charge in [-0.2, -0.15) is 0 Å². The maximum atomic E-state index is 11.1. The number of azide groups is 1. The highest BCUT2D eigenvalue weighted by atomic mass is 16.6. The lowest BCUT2D eigenvalue weighted by Gasteiger charge is -2.33. The Kier molecular flexibility index (Phi) is 3.66. The number of hydrogen-bond acceptors (Lipinski definition) is 7. The second kappa shape index (κ2) is 5.12. The van der Waals surface area contributed by atoms with Gasteiger partial charge in [-0.3, -0.25) is 4.79 Å². The minimum Gasteiger partial charge on any atom is -0.393 e. The fraction of sp³-hybridized carbons (Fsp3) is 0.500. The van der Waals surface area contributed by atoms with Gasteiger partial charge in [-0.15, -0.1) is 0 Å². The van der Waals surface area contributed by atoms with Crippen LogP contribution in [0, 0.1) is 0 Å². The summed E-state index contributed by atoms with van der Waals surface area (Å²) in [4.78, 5) is 14.9. The minimum atomic E-state index is -1.99. The molecule has 0 aromatic rings. The van der Waals surface area contributed by atoms with Crippen LogP contribution in [0.25, 0.3) is 10.4 Å². The number of aliphatic hydroxyl groups is 3. The molecule has 0 saturated carbocycles. The Balaban J connectivity index is 2.31. The first-order valence-corrected chi connectivity index (χ1v) is 5.62. The van der Waals surface area contributed by atoms with Gasteiger partial charge in [-0.1, -0.05) is 11.7 Å². The first-order valence-electron chi connectivity index (χ1n) is 5.62. The van der Waals surface area contributed by atoms with Gasteiger partial charge in [-0.05, 0) is 5.53 Å². The molecule has 4 N–H and O–H groups in total. The number of hydrogen-bond donors (Lipinski definition) is 4. The van der Waals surface area contributed by atoms with Crippen LogP contribution in [0.2, 0.25) is 0 Å². The number of carbonyl (C=O) groups is 1. The first-order chi connectivity index (χ1) is 9.45. The van der Waals surface area contributed by atoms with E-state index in [4.69, 9.17) is 10.3 Å². The smallest absolute Gasteiger partial charge is 0.250 e. The Morgan fingerprint density at radius 1 is 1.65 bits per heavy atom. The highest BCUT2D eigenvalue weighted by molar-refractivity contribution is 5.89. The number of nitrogens with one attached hydrogen (secondary N) is 1. The Hall–Kier alpha value is -2.10. The second-order valence-corrected chi connectivity index (χ2v) is 4.30. The summed E-state index contributed by atoms with van der Waals surface area (Å²) in [6.07, 6.45) is -1.82. The van der Waals surface area contributed by atoms with E-state index in [1.54, 1.807) is 0 Å². The third-order valence-corrected chi connectivity index (χ3v) is 3.08. The summed E-state index contributed by atoms with van der Waals surface area (Å²) in [7, 11) is 0. The number of amides is 1. The molecule has 0 aliphatic carbocycles. The molecular formula is C10H13N5O5. The second-order valence-electron chi connectivity index (χ2n) is 4.30. The average Bonchev–Trinajstić information content (AvgIpc) is 2.65. The Morgan fingerprint density at radius 2 is 2.35 bits per heavy atom. The molecular weight excluding hydrogens is 270 g/mol. The van der Waals surface area contributed by atoms with Crippen LogP contribution in [-0.4, -0.2) is 56.9 Å². The average molecular weight is 283 g/mol. The van der Waals surface area contributed by atoms with Crippen LogP contribution in [0.15, 0.2) is 29.8 Å². The molecule has 2 aliphatic heterocycles. The van der Waals surface area contributed by atoms with Gasteiger partial charge in [0.05, 0.1) is 6.61 Å². The number of nitrogens with zero attached hydrogens (tertiary/aromatic N) is 4. The van der Waals surface area contributed by atoms with E-state index in [0.29, 0.717) is 0 Å². The number of rotatable bonds is 3. The maximum Gasteiger partial charge on any atom is 0.250 e. The van der Waals surface area contributed by atoms with Crippen molar-refractivity contribution in [2.24, 2.45) is 5.11 Å². The molecule has 2 rings (SSSR count). The summed E-state index contributed by atoms with van der Waals surface area (Å²) in [6.45, 7) is 2.76. The van der Waals surface area contributed by atoms with Crippen LogP contribution in [0.3, 0.4) is 0 Å². The molecule has 1 saturated heterocycles. The van der Waals surface area contributed by atoms with Gasteiger partial charge >= 0.3 is 0 Å². The first kappa shape index (κ1) is 14.3. The molecule has 4 unspecified atom stereocenters. The highest BCUT2D eigenvalue weighted by Crippen LogP contribution is 2.35. The number of carbonyl (C=O) groups excluding carboxylic acids is 1. The van der Waals surface area contributed by atoms with Gasteiger partial charge in [0, 0.05) is 17.2 Å². The van der Waals surface area contributed by atoms with Crippen molar-refractivity contribution >= 4 is 5.91 Å². The molecule has 108 valence electrons. The summed E-state index contributed by atoms with van der Waals surface area (Å²) in [5.74, 6) is -0.286. The van der Waals surface area contributed by atoms with Crippen LogP contribution < -0.4 is 5.32 Å². The number of ether oxygens (including phenoxy) is 1. The van der Waals surface area contributed by atoms with Crippen molar-refractivity contribution in [2.45, 2.75) is 24.2 Å². The lowest BCUT2D eigenvalue weighted by molar-refractivity contribution is -0.134. The lowest BCUT2D eigenvalue weighted by Crippen LogP contribution is -2.46. The van der Waals surface area contributed by atoms with E-state index in [9.17, 15) is 20.1 Å². The zero-order valence-corrected chi connectivity index (χ0v) is 10.2. The Morgan fingerprint density at radius 3 is 2.90 bits per heavy atom. The summed E-state index contributed by atoms with van der Waals surface area (Å²) >= 11 is 0. The van der Waals surface area contributed by atoms with E-state index in [1.165, 1.54) is 17.2 Å². The van der Waals surface area contributed by atoms with Crippen molar-refractivity contribution in [2.75, 3.05) is 6.61 Å². The van der Waals surface area contributed by atoms with Crippen LogP contribution in [0.5, 0.6) is 0 Å². The van der Waals surface area contributed by atoms with Crippen LogP contribution in [0.1, 0.15) is 0 Å². The van der Waals surface area contributed by atoms with Crippen molar-refractivity contribution in [3.05, 3.63) is 35.1 Å². The lowest BCUT2D eigenvalue weighted by atomic mass is 10.1. The van der Waals surface area contributed by atoms with E-state index >= 15 is 0 Å². The molecule has 1 fully saturated rings. The third-order valence-electron chi connectivity index (χ3n) is 3.08. The summed E-state index contributed by atoms with van der Waals surface area (Å²) in [5.41, 5.74) is 6.49. The SMILES string of the molecule is C=C1NC(=O)C=CN1C1OC(CO)(N=[N+]=[N-])C(O)C1O. The van der Waals surface area contributed by atoms with E-state index < -0.39 is 36.7 Å². The molecule has 1 amide bonds. The van der Waals surface area contributed by atoms with Crippen molar-refractivity contribution in [1.82, 2.24) is 10.2 Å². The van der Waals surface area contributed by atoms with Crippen molar-refractivity contribution in [3.8, 4) is 0 Å². The predicted molar refractivity (Wildman–Crippen MR) is 64.1 cm³/mol. The van der Waals surface area contributed by atoms with Crippen LogP contribution >= 0.6 is 0 Å². The molecule has 10 heteroatoms. The van der Waals surface area contributed by atoms with E-state index in [0.717, 1.165) is 0 Å². The van der Waals surface area contributed by atoms with Crippen molar-refractivity contribution in [1.29, 1.82) is 0 Å². The molecule has 20 heavy (non-hydrogen) atoms. The van der Waals surface area contributed by atoms with E-state index in [-0.39, 0.29) is 5.82 Å². The summed E-state index contributed by atoms with van der Waals surface area (Å²) in [6, 6.07) is 0. The van der Waals surface area contributed by atoms with Gasteiger partial charge in [-0.25, -0.2) is 0 Å². The maximum absolute atomic E-state index is 11.1. The third kappa shape index (κ3) is 2.11. The zero-order valence-electron chi connectivity index (χ0n) is 10.2. The molecule has 2 aliphatic rings. The van der Waals surface area contributed by atoms with E-state index in [2.05, 4.69) is 21.9 Å². The summed E-state index contributed by atoms with van der Waals surface area (Å²) in [5, 5.41) is 34.8. The number of aliphatic hydroxyl groups excluding tert-OH is 3. The molecule has 0 spiro atoms. The molecule has 2 heterocycles. The fourth-order valence-electron chi connectivity index (χ4n) is 2.04. The van der Waals surface area contributed by atoms with Crippen molar-refractivity contribution in [3.63, 3.8) is 0 Å². The van der Waals surface area contributed by atoms with Gasteiger partial charge in [0.15, 0.2) is 6.23 Å². The minimum absolute atomic E-state index is 0.114. The van der Waals surface area contributed by atoms with E-state index in [1.807, 2.05) is 0 Å². The monoisotopic (exact) mass is 283 g/mol. The molecule has 0 radical (unpaired) electrons. The zero-order chi connectivity index (χ0) is 14.9. The van der Waals surface area contributed by atoms with Crippen LogP contribution in [0.4, 0.5) is 0 Å². The van der Waals surface area contributed by atoms with Gasteiger partial charge in [0.1, 0.15) is 18.0 Å².